The van der Waals surface area contributed by atoms with Crippen LogP contribution >= 0.6 is 23.8 Å². The van der Waals surface area contributed by atoms with Crippen LogP contribution in [0.3, 0.4) is 0 Å². The number of H-pyrrole nitrogens is 1. The van der Waals surface area contributed by atoms with Crippen molar-refractivity contribution in [2.45, 2.75) is 26.0 Å². The van der Waals surface area contributed by atoms with Gasteiger partial charge in [0.05, 0.1) is 28.2 Å². The Labute approximate surface area is 115 Å². The maximum atomic E-state index is 13.4. The first-order valence-corrected chi connectivity index (χ1v) is 6.25. The molecule has 0 bridgehead atoms. The van der Waals surface area contributed by atoms with Crippen molar-refractivity contribution in [1.82, 2.24) is 9.55 Å². The number of fused-ring (bicyclic) bond motifs is 1. The smallest absolute Gasteiger partial charge is 0.178 e. The van der Waals surface area contributed by atoms with Crippen LogP contribution in [0.25, 0.3) is 11.0 Å². The number of benzene rings is 1. The van der Waals surface area contributed by atoms with Crippen molar-refractivity contribution in [2.75, 3.05) is 7.11 Å². The van der Waals surface area contributed by atoms with Crippen LogP contribution in [0.1, 0.15) is 13.8 Å². The molecule has 0 saturated carbocycles. The third kappa shape index (κ3) is 2.43. The minimum absolute atomic E-state index is 0.0838. The minimum Gasteiger partial charge on any atom is -0.377 e. The average Bonchev–Trinajstić information content (AvgIpc) is 2.57. The summed E-state index contributed by atoms with van der Waals surface area (Å²) in [5.41, 5.74) is 1.04. The normalized spacial score (nSPS) is 12.3. The molecule has 6 heteroatoms. The molecule has 0 aliphatic heterocycles. The van der Waals surface area contributed by atoms with Gasteiger partial charge in [-0.05, 0) is 32.1 Å². The third-order valence-corrected chi connectivity index (χ3v) is 3.52. The highest BCUT2D eigenvalue weighted by Crippen LogP contribution is 2.24. The Kier molecular flexibility index (Phi) is 3.49. The fraction of sp³-hybridized carbons (Fsp3) is 0.417. The van der Waals surface area contributed by atoms with Crippen LogP contribution in [0.5, 0.6) is 0 Å². The summed E-state index contributed by atoms with van der Waals surface area (Å²) in [6.07, 6.45) is 0. The Morgan fingerprint density at radius 1 is 1.50 bits per heavy atom. The number of hydrogen-bond donors (Lipinski definition) is 1. The second-order valence-electron chi connectivity index (χ2n) is 4.76. The van der Waals surface area contributed by atoms with Gasteiger partial charge in [0, 0.05) is 13.2 Å². The van der Waals surface area contributed by atoms with Crippen molar-refractivity contribution in [3.8, 4) is 0 Å². The molecule has 1 aromatic heterocycles. The fourth-order valence-electron chi connectivity index (χ4n) is 1.75. The summed E-state index contributed by atoms with van der Waals surface area (Å²) in [4.78, 5) is 2.97. The number of nitrogens with zero attached hydrogens (tertiary/aromatic N) is 1. The van der Waals surface area contributed by atoms with Gasteiger partial charge in [-0.15, -0.1) is 0 Å². The van der Waals surface area contributed by atoms with E-state index >= 15 is 0 Å². The summed E-state index contributed by atoms with van der Waals surface area (Å²) in [5, 5.41) is 0.0838. The lowest BCUT2D eigenvalue weighted by Gasteiger charge is -2.23. The molecule has 0 unspecified atom stereocenters. The van der Waals surface area contributed by atoms with Gasteiger partial charge < -0.3 is 14.3 Å². The van der Waals surface area contributed by atoms with Gasteiger partial charge in [0.25, 0.3) is 0 Å². The van der Waals surface area contributed by atoms with Crippen LogP contribution in [-0.4, -0.2) is 22.3 Å². The quantitative estimate of drug-likeness (QED) is 0.868. The van der Waals surface area contributed by atoms with Crippen molar-refractivity contribution in [3.05, 3.63) is 27.7 Å². The molecule has 2 rings (SSSR count). The predicted molar refractivity (Wildman–Crippen MR) is 73.2 cm³/mol. The predicted octanol–water partition coefficient (Wildman–Crippen LogP) is 3.92. The molecule has 1 heterocycles. The zero-order chi connectivity index (χ0) is 13.5. The van der Waals surface area contributed by atoms with E-state index in [-0.39, 0.29) is 10.6 Å². The zero-order valence-corrected chi connectivity index (χ0v) is 12.0. The minimum atomic E-state index is -0.460. The maximum Gasteiger partial charge on any atom is 0.178 e. The second kappa shape index (κ2) is 4.64. The Morgan fingerprint density at radius 2 is 2.17 bits per heavy atom. The number of aromatic amines is 1. The van der Waals surface area contributed by atoms with Crippen molar-refractivity contribution >= 4 is 34.9 Å². The molecule has 0 amide bonds. The van der Waals surface area contributed by atoms with Crippen LogP contribution in [-0.2, 0) is 11.3 Å². The van der Waals surface area contributed by atoms with Crippen LogP contribution in [0.4, 0.5) is 4.39 Å². The van der Waals surface area contributed by atoms with Gasteiger partial charge in [0.2, 0.25) is 0 Å². The first-order chi connectivity index (χ1) is 8.34. The highest BCUT2D eigenvalue weighted by molar-refractivity contribution is 7.71. The zero-order valence-electron chi connectivity index (χ0n) is 10.4. The van der Waals surface area contributed by atoms with Gasteiger partial charge in [-0.3, -0.25) is 0 Å². The Bertz CT molecular complexity index is 647. The number of rotatable bonds is 3. The molecule has 1 N–H and O–H groups in total. The van der Waals surface area contributed by atoms with E-state index in [0.29, 0.717) is 16.8 Å². The summed E-state index contributed by atoms with van der Waals surface area (Å²) in [6.45, 7) is 4.47. The summed E-state index contributed by atoms with van der Waals surface area (Å²) < 4.78 is 21.1. The van der Waals surface area contributed by atoms with Gasteiger partial charge in [-0.1, -0.05) is 11.6 Å². The number of nitrogens with one attached hydrogen (secondary N) is 1. The molecule has 0 radical (unpaired) electrons. The molecule has 98 valence electrons. The number of halogens is 2. The van der Waals surface area contributed by atoms with Crippen LogP contribution in [0.2, 0.25) is 5.02 Å². The molecule has 1 aromatic carbocycles. The van der Waals surface area contributed by atoms with Gasteiger partial charge in [-0.25, -0.2) is 4.39 Å². The fourth-order valence-corrected chi connectivity index (χ4v) is 2.18. The van der Waals surface area contributed by atoms with Crippen LogP contribution in [0, 0.1) is 10.6 Å². The number of aromatic nitrogens is 2. The molecule has 0 atom stereocenters. The largest absolute Gasteiger partial charge is 0.377 e. The SMILES string of the molecule is COC(C)(C)Cn1c(=S)[nH]c2cc(F)c(Cl)cc21. The summed E-state index contributed by atoms with van der Waals surface area (Å²) >= 11 is 11.0. The summed E-state index contributed by atoms with van der Waals surface area (Å²) in [5.74, 6) is -0.460. The molecule has 2 aromatic rings. The van der Waals surface area contributed by atoms with Gasteiger partial charge in [0.15, 0.2) is 4.77 Å². The third-order valence-electron chi connectivity index (χ3n) is 2.91. The Hall–Kier alpha value is -0.910. The van der Waals surface area contributed by atoms with Crippen molar-refractivity contribution in [1.29, 1.82) is 0 Å². The van der Waals surface area contributed by atoms with E-state index in [9.17, 15) is 4.39 Å². The lowest BCUT2D eigenvalue weighted by Crippen LogP contribution is -2.29. The average molecular weight is 289 g/mol. The lowest BCUT2D eigenvalue weighted by atomic mass is 10.1. The Morgan fingerprint density at radius 3 is 2.78 bits per heavy atom. The van der Waals surface area contributed by atoms with Crippen molar-refractivity contribution in [2.24, 2.45) is 0 Å². The molecule has 3 nitrogen and oxygen atoms in total. The number of ether oxygens (including phenoxy) is 1. The second-order valence-corrected chi connectivity index (χ2v) is 5.56. The first-order valence-electron chi connectivity index (χ1n) is 5.47. The van der Waals surface area contributed by atoms with E-state index < -0.39 is 5.82 Å². The molecule has 18 heavy (non-hydrogen) atoms. The number of hydrogen-bond acceptors (Lipinski definition) is 2. The van der Waals surface area contributed by atoms with E-state index in [0.717, 1.165) is 5.52 Å². The molecule has 0 aliphatic carbocycles. The number of methoxy groups -OCH3 is 1. The monoisotopic (exact) mass is 288 g/mol. The van der Waals surface area contributed by atoms with E-state index in [1.807, 2.05) is 18.4 Å². The van der Waals surface area contributed by atoms with E-state index in [4.69, 9.17) is 28.6 Å². The summed E-state index contributed by atoms with van der Waals surface area (Å²) in [6, 6.07) is 2.92. The summed E-state index contributed by atoms with van der Waals surface area (Å²) in [7, 11) is 1.64. The molecule has 0 fully saturated rings. The van der Waals surface area contributed by atoms with E-state index in [2.05, 4.69) is 4.98 Å². The van der Waals surface area contributed by atoms with Crippen molar-refractivity contribution in [3.63, 3.8) is 0 Å². The topological polar surface area (TPSA) is 29.9 Å². The van der Waals surface area contributed by atoms with Crippen molar-refractivity contribution < 1.29 is 9.13 Å². The molecular formula is C12H14ClFN2OS. The standard InChI is InChI=1S/C12H14ClFN2OS/c1-12(2,17-3)6-16-10-4-7(13)8(14)5-9(10)15-11(16)18/h4-5H,6H2,1-3H3,(H,15,18). The van der Waals surface area contributed by atoms with Gasteiger partial charge in [0.1, 0.15) is 5.82 Å². The maximum absolute atomic E-state index is 13.4. The lowest BCUT2D eigenvalue weighted by molar-refractivity contribution is 0.00873. The Balaban J connectivity index is 2.60. The van der Waals surface area contributed by atoms with Gasteiger partial charge in [-0.2, -0.15) is 0 Å². The molecule has 0 spiro atoms. The highest BCUT2D eigenvalue weighted by atomic mass is 35.5. The van der Waals surface area contributed by atoms with E-state index in [1.165, 1.54) is 6.07 Å². The van der Waals surface area contributed by atoms with Crippen LogP contribution in [0.15, 0.2) is 12.1 Å². The first kappa shape index (κ1) is 13.5. The highest BCUT2D eigenvalue weighted by Gasteiger charge is 2.19. The molecular weight excluding hydrogens is 275 g/mol. The number of imidazole rings is 1. The molecule has 0 saturated heterocycles. The molecule has 0 aliphatic rings. The van der Waals surface area contributed by atoms with E-state index in [1.54, 1.807) is 13.2 Å². The van der Waals surface area contributed by atoms with Crippen LogP contribution < -0.4 is 0 Å². The van der Waals surface area contributed by atoms with Gasteiger partial charge >= 0.3 is 0 Å².